The van der Waals surface area contributed by atoms with Crippen LogP contribution in [-0.4, -0.2) is 9.55 Å². The molecule has 0 saturated carbocycles. The van der Waals surface area contributed by atoms with Gasteiger partial charge in [-0.25, -0.2) is 0 Å². The number of rotatable bonds is 3. The van der Waals surface area contributed by atoms with Crippen LogP contribution in [0.15, 0.2) is 52.9 Å². The van der Waals surface area contributed by atoms with E-state index >= 15 is 0 Å². The number of thiophene rings is 1. The van der Waals surface area contributed by atoms with Crippen LogP contribution in [0, 0.1) is 0 Å². The molecule has 3 aromatic rings. The Bertz CT molecular complexity index is 715. The molecule has 0 aromatic carbocycles. The van der Waals surface area contributed by atoms with Crippen molar-refractivity contribution in [3.63, 3.8) is 0 Å². The van der Waals surface area contributed by atoms with E-state index in [1.165, 1.54) is 0 Å². The molecule has 0 aliphatic carbocycles. The third-order valence-electron chi connectivity index (χ3n) is 2.93. The second kappa shape index (κ2) is 4.74. The minimum absolute atomic E-state index is 0.0877. The summed E-state index contributed by atoms with van der Waals surface area (Å²) in [5, 5.41) is 2.76. The Morgan fingerprint density at radius 1 is 1.22 bits per heavy atom. The lowest BCUT2D eigenvalue weighted by molar-refractivity contribution is 0.666. The molecule has 0 aliphatic rings. The maximum absolute atomic E-state index is 12.2. The molecule has 3 heterocycles. The molecule has 0 bridgehead atoms. The third-order valence-corrected chi connectivity index (χ3v) is 3.81. The first-order chi connectivity index (χ1) is 8.84. The Morgan fingerprint density at radius 3 is 3.00 bits per heavy atom. The predicted molar refractivity (Wildman–Crippen MR) is 74.0 cm³/mol. The summed E-state index contributed by atoms with van der Waals surface area (Å²) in [5.41, 5.74) is 1.10. The van der Waals surface area contributed by atoms with Crippen LogP contribution in [-0.2, 0) is 13.0 Å². The molecule has 0 spiro atoms. The number of fused-ring (bicyclic) bond motifs is 1. The fourth-order valence-electron chi connectivity index (χ4n) is 1.96. The SMILES string of the molecule is O=c1c2ccsc2ccn1CCc1ccccn1. The lowest BCUT2D eigenvalue weighted by atomic mass is 10.2. The van der Waals surface area contributed by atoms with Crippen LogP contribution < -0.4 is 5.56 Å². The van der Waals surface area contributed by atoms with Crippen molar-refractivity contribution in [1.82, 2.24) is 9.55 Å². The molecular weight excluding hydrogens is 244 g/mol. The normalized spacial score (nSPS) is 10.9. The van der Waals surface area contributed by atoms with Gasteiger partial charge in [-0.05, 0) is 29.6 Å². The zero-order valence-corrected chi connectivity index (χ0v) is 10.6. The Balaban J connectivity index is 1.87. The van der Waals surface area contributed by atoms with E-state index in [0.717, 1.165) is 22.2 Å². The van der Waals surface area contributed by atoms with Crippen LogP contribution in [0.3, 0.4) is 0 Å². The molecule has 0 N–H and O–H groups in total. The first kappa shape index (κ1) is 11.2. The smallest absolute Gasteiger partial charge is 0.259 e. The maximum Gasteiger partial charge on any atom is 0.259 e. The van der Waals surface area contributed by atoms with E-state index in [1.807, 2.05) is 41.9 Å². The molecule has 0 unspecified atom stereocenters. The molecular formula is C14H12N2OS. The van der Waals surface area contributed by atoms with E-state index in [2.05, 4.69) is 4.98 Å². The molecule has 18 heavy (non-hydrogen) atoms. The number of hydrogen-bond donors (Lipinski definition) is 0. The van der Waals surface area contributed by atoms with E-state index in [0.29, 0.717) is 6.54 Å². The quantitative estimate of drug-likeness (QED) is 0.722. The number of nitrogens with zero attached hydrogens (tertiary/aromatic N) is 2. The highest BCUT2D eigenvalue weighted by Crippen LogP contribution is 2.16. The summed E-state index contributed by atoms with van der Waals surface area (Å²) < 4.78 is 2.80. The minimum Gasteiger partial charge on any atom is -0.315 e. The highest BCUT2D eigenvalue weighted by Gasteiger charge is 2.03. The van der Waals surface area contributed by atoms with Crippen molar-refractivity contribution in [2.75, 3.05) is 0 Å². The zero-order chi connectivity index (χ0) is 12.4. The van der Waals surface area contributed by atoms with Crippen LogP contribution in [0.5, 0.6) is 0 Å². The van der Waals surface area contributed by atoms with Crippen LogP contribution in [0.2, 0.25) is 0 Å². The summed E-state index contributed by atoms with van der Waals surface area (Å²) in [4.78, 5) is 16.4. The van der Waals surface area contributed by atoms with Gasteiger partial charge in [-0.2, -0.15) is 0 Å². The summed E-state index contributed by atoms with van der Waals surface area (Å²) in [6.45, 7) is 0.668. The summed E-state index contributed by atoms with van der Waals surface area (Å²) in [7, 11) is 0. The molecule has 3 nitrogen and oxygen atoms in total. The third kappa shape index (κ3) is 2.07. The second-order valence-electron chi connectivity index (χ2n) is 4.08. The molecule has 3 aromatic heterocycles. The number of aromatic nitrogens is 2. The van der Waals surface area contributed by atoms with Crippen molar-refractivity contribution in [3.05, 3.63) is 64.2 Å². The van der Waals surface area contributed by atoms with E-state index in [1.54, 1.807) is 22.1 Å². The highest BCUT2D eigenvalue weighted by atomic mass is 32.1. The standard InChI is InChI=1S/C14H12N2OS/c17-14-12-6-10-18-13(12)5-9-16(14)8-4-11-3-1-2-7-15-11/h1-3,5-7,9-10H,4,8H2. The number of hydrogen-bond acceptors (Lipinski definition) is 3. The van der Waals surface area contributed by atoms with Crippen molar-refractivity contribution in [1.29, 1.82) is 0 Å². The topological polar surface area (TPSA) is 34.9 Å². The fourth-order valence-corrected chi connectivity index (χ4v) is 2.74. The van der Waals surface area contributed by atoms with Gasteiger partial charge in [-0.3, -0.25) is 9.78 Å². The van der Waals surface area contributed by atoms with Gasteiger partial charge in [0.15, 0.2) is 0 Å². The minimum atomic E-state index is 0.0877. The molecule has 0 fully saturated rings. The lowest BCUT2D eigenvalue weighted by Gasteiger charge is -2.05. The molecule has 90 valence electrons. The highest BCUT2D eigenvalue weighted by molar-refractivity contribution is 7.17. The van der Waals surface area contributed by atoms with E-state index in [9.17, 15) is 4.79 Å². The fraction of sp³-hybridized carbons (Fsp3) is 0.143. The van der Waals surface area contributed by atoms with E-state index in [4.69, 9.17) is 0 Å². The first-order valence-electron chi connectivity index (χ1n) is 5.81. The maximum atomic E-state index is 12.2. The average Bonchev–Trinajstić information content (AvgIpc) is 2.88. The van der Waals surface area contributed by atoms with Gasteiger partial charge in [0.2, 0.25) is 0 Å². The second-order valence-corrected chi connectivity index (χ2v) is 5.03. The summed E-state index contributed by atoms with van der Waals surface area (Å²) in [6, 6.07) is 9.73. The monoisotopic (exact) mass is 256 g/mol. The Hall–Kier alpha value is -1.94. The van der Waals surface area contributed by atoms with E-state index < -0.39 is 0 Å². The van der Waals surface area contributed by atoms with Crippen LogP contribution in [0.4, 0.5) is 0 Å². The Kier molecular flexibility index (Phi) is 2.94. The number of pyridine rings is 2. The van der Waals surface area contributed by atoms with Crippen molar-refractivity contribution in [2.45, 2.75) is 13.0 Å². The molecule has 0 saturated heterocycles. The predicted octanol–water partition coefficient (Wildman–Crippen LogP) is 2.70. The van der Waals surface area contributed by atoms with Crippen molar-refractivity contribution in [2.24, 2.45) is 0 Å². The van der Waals surface area contributed by atoms with E-state index in [-0.39, 0.29) is 5.56 Å². The Labute approximate surface area is 108 Å². The van der Waals surface area contributed by atoms with Crippen molar-refractivity contribution < 1.29 is 0 Å². The van der Waals surface area contributed by atoms with Crippen molar-refractivity contribution in [3.8, 4) is 0 Å². The van der Waals surface area contributed by atoms with Gasteiger partial charge in [0.1, 0.15) is 0 Å². The molecule has 0 radical (unpaired) electrons. The summed E-state index contributed by atoms with van der Waals surface area (Å²) in [6.07, 6.45) is 4.42. The summed E-state index contributed by atoms with van der Waals surface area (Å²) >= 11 is 1.60. The van der Waals surface area contributed by atoms with Crippen LogP contribution >= 0.6 is 11.3 Å². The van der Waals surface area contributed by atoms with Gasteiger partial charge >= 0.3 is 0 Å². The summed E-state index contributed by atoms with van der Waals surface area (Å²) in [5.74, 6) is 0. The molecule has 0 atom stereocenters. The van der Waals surface area contributed by atoms with Gasteiger partial charge in [0.25, 0.3) is 5.56 Å². The van der Waals surface area contributed by atoms with Gasteiger partial charge in [-0.15, -0.1) is 11.3 Å². The molecule has 3 rings (SSSR count). The lowest BCUT2D eigenvalue weighted by Crippen LogP contribution is -2.20. The molecule has 4 heteroatoms. The van der Waals surface area contributed by atoms with Gasteiger partial charge < -0.3 is 4.57 Å². The molecule has 0 amide bonds. The van der Waals surface area contributed by atoms with Crippen molar-refractivity contribution >= 4 is 21.4 Å². The van der Waals surface area contributed by atoms with Gasteiger partial charge in [0.05, 0.1) is 5.39 Å². The van der Waals surface area contributed by atoms with Crippen LogP contribution in [0.1, 0.15) is 5.69 Å². The van der Waals surface area contributed by atoms with Gasteiger partial charge in [0, 0.05) is 35.8 Å². The first-order valence-corrected chi connectivity index (χ1v) is 6.69. The Morgan fingerprint density at radius 2 is 2.17 bits per heavy atom. The largest absolute Gasteiger partial charge is 0.315 e. The number of aryl methyl sites for hydroxylation is 2. The molecule has 0 aliphatic heterocycles. The average molecular weight is 256 g/mol. The zero-order valence-electron chi connectivity index (χ0n) is 9.74. The van der Waals surface area contributed by atoms with Crippen LogP contribution in [0.25, 0.3) is 10.1 Å². The van der Waals surface area contributed by atoms with Gasteiger partial charge in [-0.1, -0.05) is 6.07 Å².